The summed E-state index contributed by atoms with van der Waals surface area (Å²) in [5, 5.41) is 12.4. The number of hydrogen-bond donors (Lipinski definition) is 2. The maximum atomic E-state index is 13.6. The number of hydrogen-bond acceptors (Lipinski definition) is 3. The summed E-state index contributed by atoms with van der Waals surface area (Å²) in [6.07, 6.45) is 0. The molecule has 21 heavy (non-hydrogen) atoms. The molecule has 2 aromatic rings. The number of carboxylic acid groups (broad SMARTS) is 1. The third kappa shape index (κ3) is 3.64. The van der Waals surface area contributed by atoms with Crippen LogP contribution in [0, 0.1) is 5.82 Å². The van der Waals surface area contributed by atoms with Crippen molar-refractivity contribution >= 4 is 23.3 Å². The fourth-order valence-electron chi connectivity index (χ4n) is 1.82. The van der Waals surface area contributed by atoms with Gasteiger partial charge in [0.25, 0.3) is 0 Å². The molecular formula is C15H13ClFNO3. The second kappa shape index (κ2) is 6.45. The van der Waals surface area contributed by atoms with Crippen molar-refractivity contribution in [2.45, 2.75) is 6.54 Å². The van der Waals surface area contributed by atoms with Gasteiger partial charge in [-0.2, -0.15) is 0 Å². The Kier molecular flexibility index (Phi) is 4.65. The highest BCUT2D eigenvalue weighted by atomic mass is 35.5. The predicted molar refractivity (Wildman–Crippen MR) is 78.7 cm³/mol. The van der Waals surface area contributed by atoms with E-state index in [2.05, 4.69) is 5.32 Å². The maximum Gasteiger partial charge on any atom is 0.338 e. The number of methoxy groups -OCH3 is 1. The molecule has 4 nitrogen and oxygen atoms in total. The highest BCUT2D eigenvalue weighted by Crippen LogP contribution is 2.27. The van der Waals surface area contributed by atoms with Gasteiger partial charge in [-0.25, -0.2) is 9.18 Å². The summed E-state index contributed by atoms with van der Waals surface area (Å²) in [5.74, 6) is -1.50. The number of halogens is 2. The van der Waals surface area contributed by atoms with Crippen LogP contribution in [0.4, 0.5) is 10.1 Å². The zero-order chi connectivity index (χ0) is 15.4. The summed E-state index contributed by atoms with van der Waals surface area (Å²) in [4.78, 5) is 10.7. The molecule has 0 aliphatic rings. The summed E-state index contributed by atoms with van der Waals surface area (Å²) in [6, 6.07) is 9.20. The Balaban J connectivity index is 2.09. The lowest BCUT2D eigenvalue weighted by molar-refractivity contribution is 0.0692. The summed E-state index contributed by atoms with van der Waals surface area (Å²) < 4.78 is 18.7. The highest BCUT2D eigenvalue weighted by Gasteiger charge is 2.10. The molecule has 0 saturated carbocycles. The number of rotatable bonds is 5. The van der Waals surface area contributed by atoms with Gasteiger partial charge in [-0.1, -0.05) is 17.7 Å². The van der Waals surface area contributed by atoms with Crippen LogP contribution in [0.25, 0.3) is 0 Å². The van der Waals surface area contributed by atoms with Crippen molar-refractivity contribution in [2.24, 2.45) is 0 Å². The molecule has 110 valence electrons. The van der Waals surface area contributed by atoms with Crippen LogP contribution >= 0.6 is 11.6 Å². The number of carboxylic acids is 1. The molecule has 0 spiro atoms. The second-order valence-corrected chi connectivity index (χ2v) is 4.73. The van der Waals surface area contributed by atoms with Crippen molar-refractivity contribution in [1.29, 1.82) is 0 Å². The Morgan fingerprint density at radius 3 is 2.71 bits per heavy atom. The van der Waals surface area contributed by atoms with E-state index in [1.165, 1.54) is 19.2 Å². The fourth-order valence-corrected chi connectivity index (χ4v) is 2.01. The quantitative estimate of drug-likeness (QED) is 0.882. The monoisotopic (exact) mass is 309 g/mol. The molecule has 0 bridgehead atoms. The van der Waals surface area contributed by atoms with Crippen LogP contribution in [0.1, 0.15) is 15.9 Å². The van der Waals surface area contributed by atoms with E-state index in [4.69, 9.17) is 21.4 Å². The Morgan fingerprint density at radius 2 is 2.10 bits per heavy atom. The Labute approximate surface area is 126 Å². The molecule has 0 heterocycles. The van der Waals surface area contributed by atoms with Gasteiger partial charge in [0.05, 0.1) is 17.7 Å². The molecule has 2 aromatic carbocycles. The molecular weight excluding hydrogens is 297 g/mol. The van der Waals surface area contributed by atoms with E-state index >= 15 is 0 Å². The molecule has 0 amide bonds. The predicted octanol–water partition coefficient (Wildman–Crippen LogP) is 3.80. The van der Waals surface area contributed by atoms with Crippen molar-refractivity contribution in [1.82, 2.24) is 0 Å². The van der Waals surface area contributed by atoms with Crippen LogP contribution in [-0.2, 0) is 6.54 Å². The molecule has 6 heteroatoms. The van der Waals surface area contributed by atoms with Gasteiger partial charge >= 0.3 is 5.97 Å². The number of carbonyl (C=O) groups is 1. The van der Waals surface area contributed by atoms with E-state index in [0.29, 0.717) is 22.9 Å². The summed E-state index contributed by atoms with van der Waals surface area (Å²) in [7, 11) is 1.52. The molecule has 0 atom stereocenters. The SMILES string of the molecule is COc1cc(NCc2ccc(C(=O)O)c(F)c2)ccc1Cl. The molecule has 0 saturated heterocycles. The third-order valence-corrected chi connectivity index (χ3v) is 3.22. The molecule has 0 unspecified atom stereocenters. The smallest absolute Gasteiger partial charge is 0.338 e. The van der Waals surface area contributed by atoms with Gasteiger partial charge in [-0.15, -0.1) is 0 Å². The standard InChI is InChI=1S/C15H13ClFNO3/c1-21-14-7-10(3-5-12(14)16)18-8-9-2-4-11(15(19)20)13(17)6-9/h2-7,18H,8H2,1H3,(H,19,20). The van der Waals surface area contributed by atoms with Gasteiger partial charge in [-0.3, -0.25) is 0 Å². The molecule has 0 radical (unpaired) electrons. The molecule has 0 aliphatic heterocycles. The minimum Gasteiger partial charge on any atom is -0.495 e. The van der Waals surface area contributed by atoms with Crippen LogP contribution in [-0.4, -0.2) is 18.2 Å². The average molecular weight is 310 g/mol. The van der Waals surface area contributed by atoms with Crippen molar-refractivity contribution in [2.75, 3.05) is 12.4 Å². The minimum atomic E-state index is -1.28. The van der Waals surface area contributed by atoms with E-state index in [1.54, 1.807) is 24.3 Å². The van der Waals surface area contributed by atoms with Gasteiger partial charge in [0.15, 0.2) is 0 Å². The molecule has 0 aromatic heterocycles. The van der Waals surface area contributed by atoms with Crippen molar-refractivity contribution < 1.29 is 19.0 Å². The normalized spacial score (nSPS) is 10.2. The first-order valence-electron chi connectivity index (χ1n) is 6.10. The average Bonchev–Trinajstić information content (AvgIpc) is 2.46. The van der Waals surface area contributed by atoms with E-state index in [1.807, 2.05) is 0 Å². The van der Waals surface area contributed by atoms with Crippen LogP contribution in [0.2, 0.25) is 5.02 Å². The largest absolute Gasteiger partial charge is 0.495 e. The van der Waals surface area contributed by atoms with Crippen LogP contribution in [0.3, 0.4) is 0 Å². The highest BCUT2D eigenvalue weighted by molar-refractivity contribution is 6.32. The zero-order valence-electron chi connectivity index (χ0n) is 11.2. The minimum absolute atomic E-state index is 0.341. The Morgan fingerprint density at radius 1 is 1.33 bits per heavy atom. The van der Waals surface area contributed by atoms with Gasteiger partial charge < -0.3 is 15.2 Å². The van der Waals surface area contributed by atoms with Crippen molar-refractivity contribution in [3.05, 3.63) is 58.4 Å². The van der Waals surface area contributed by atoms with E-state index in [-0.39, 0.29) is 5.56 Å². The summed E-state index contributed by atoms with van der Waals surface area (Å²) in [6.45, 7) is 0.349. The number of benzene rings is 2. The lowest BCUT2D eigenvalue weighted by atomic mass is 10.1. The molecule has 2 rings (SSSR count). The van der Waals surface area contributed by atoms with Crippen LogP contribution < -0.4 is 10.1 Å². The maximum absolute atomic E-state index is 13.6. The Hall–Kier alpha value is -2.27. The van der Waals surface area contributed by atoms with Crippen LogP contribution in [0.5, 0.6) is 5.75 Å². The zero-order valence-corrected chi connectivity index (χ0v) is 11.9. The van der Waals surface area contributed by atoms with Crippen molar-refractivity contribution in [3.63, 3.8) is 0 Å². The van der Waals surface area contributed by atoms with Gasteiger partial charge in [0.1, 0.15) is 11.6 Å². The van der Waals surface area contributed by atoms with Gasteiger partial charge in [0, 0.05) is 18.3 Å². The number of nitrogens with one attached hydrogen (secondary N) is 1. The topological polar surface area (TPSA) is 58.6 Å². The Bertz CT molecular complexity index is 676. The van der Waals surface area contributed by atoms with E-state index in [9.17, 15) is 9.18 Å². The molecule has 0 aliphatic carbocycles. The van der Waals surface area contributed by atoms with Gasteiger partial charge in [0.2, 0.25) is 0 Å². The van der Waals surface area contributed by atoms with Crippen LogP contribution in [0.15, 0.2) is 36.4 Å². The first-order valence-corrected chi connectivity index (χ1v) is 6.48. The number of aromatic carboxylic acids is 1. The molecule has 0 fully saturated rings. The molecule has 2 N–H and O–H groups in total. The lowest BCUT2D eigenvalue weighted by Gasteiger charge is -2.10. The van der Waals surface area contributed by atoms with E-state index in [0.717, 1.165) is 5.69 Å². The fraction of sp³-hybridized carbons (Fsp3) is 0.133. The van der Waals surface area contributed by atoms with Crippen molar-refractivity contribution in [3.8, 4) is 5.75 Å². The summed E-state index contributed by atoms with van der Waals surface area (Å²) in [5.41, 5.74) is 1.05. The second-order valence-electron chi connectivity index (χ2n) is 4.32. The first kappa shape index (κ1) is 15.1. The van der Waals surface area contributed by atoms with Gasteiger partial charge in [-0.05, 0) is 29.8 Å². The number of ether oxygens (including phenoxy) is 1. The first-order chi connectivity index (χ1) is 10.0. The third-order valence-electron chi connectivity index (χ3n) is 2.91. The number of anilines is 1. The summed E-state index contributed by atoms with van der Waals surface area (Å²) >= 11 is 5.92. The lowest BCUT2D eigenvalue weighted by Crippen LogP contribution is -2.04. The van der Waals surface area contributed by atoms with E-state index < -0.39 is 11.8 Å².